The molecule has 1 fully saturated rings. The van der Waals surface area contributed by atoms with Gasteiger partial charge in [0.1, 0.15) is 18.2 Å². The van der Waals surface area contributed by atoms with Crippen molar-refractivity contribution in [1.29, 1.82) is 0 Å². The highest BCUT2D eigenvalue weighted by atomic mass is 16.5. The van der Waals surface area contributed by atoms with Gasteiger partial charge in [0.2, 0.25) is 17.6 Å². The monoisotopic (exact) mass is 447 g/mol. The lowest BCUT2D eigenvalue weighted by atomic mass is 9.97. The number of aliphatic hydroxyl groups is 4. The molecule has 15 heteroatoms. The van der Waals surface area contributed by atoms with Gasteiger partial charge in [-0.25, -0.2) is 9.59 Å². The van der Waals surface area contributed by atoms with Crippen molar-refractivity contribution in [3.05, 3.63) is 11.7 Å². The zero-order valence-corrected chi connectivity index (χ0v) is 16.4. The SMILES string of the molecule is CC(O)[C@H](NC(=O)N[C@@H](CC(N)=O)c1nc(C2O[C@@H](CO)C[C@H](O)[C@H]2O)no1)C(=O)O. The molecule has 9 N–H and O–H groups in total. The highest BCUT2D eigenvalue weighted by molar-refractivity contribution is 5.83. The number of nitrogens with zero attached hydrogens (tertiary/aromatic N) is 2. The van der Waals surface area contributed by atoms with Crippen molar-refractivity contribution >= 4 is 17.9 Å². The Morgan fingerprint density at radius 2 is 1.97 bits per heavy atom. The minimum atomic E-state index is -1.63. The van der Waals surface area contributed by atoms with E-state index < -0.39 is 73.5 Å². The van der Waals surface area contributed by atoms with E-state index in [1.807, 2.05) is 5.32 Å². The van der Waals surface area contributed by atoms with Crippen LogP contribution in [0.15, 0.2) is 4.52 Å². The van der Waals surface area contributed by atoms with Crippen molar-refractivity contribution in [3.8, 4) is 0 Å². The first kappa shape index (κ1) is 24.4. The van der Waals surface area contributed by atoms with Gasteiger partial charge in [-0.3, -0.25) is 4.79 Å². The number of urea groups is 1. The van der Waals surface area contributed by atoms with Gasteiger partial charge in [-0.05, 0) is 6.92 Å². The number of amides is 3. The fraction of sp³-hybridized carbons (Fsp3) is 0.688. The van der Waals surface area contributed by atoms with Gasteiger partial charge in [-0.15, -0.1) is 0 Å². The highest BCUT2D eigenvalue weighted by Gasteiger charge is 2.40. The number of carboxylic acids is 1. The molecule has 0 bridgehead atoms. The average molecular weight is 447 g/mol. The molecular formula is C16H25N5O10. The highest BCUT2D eigenvalue weighted by Crippen LogP contribution is 2.31. The Hall–Kier alpha value is -2.85. The summed E-state index contributed by atoms with van der Waals surface area (Å²) >= 11 is 0. The molecule has 1 aliphatic heterocycles. The van der Waals surface area contributed by atoms with Crippen LogP contribution in [-0.4, -0.2) is 90.6 Å². The third-order valence-corrected chi connectivity index (χ3v) is 4.51. The summed E-state index contributed by atoms with van der Waals surface area (Å²) in [7, 11) is 0. The summed E-state index contributed by atoms with van der Waals surface area (Å²) in [6.45, 7) is 0.735. The molecule has 1 aromatic rings. The van der Waals surface area contributed by atoms with E-state index in [0.29, 0.717) is 0 Å². The van der Waals surface area contributed by atoms with Crippen LogP contribution in [0.25, 0.3) is 0 Å². The van der Waals surface area contributed by atoms with Crippen LogP contribution >= 0.6 is 0 Å². The summed E-state index contributed by atoms with van der Waals surface area (Å²) in [5.74, 6) is -2.88. The van der Waals surface area contributed by atoms with E-state index in [9.17, 15) is 34.8 Å². The molecule has 31 heavy (non-hydrogen) atoms. The Morgan fingerprint density at radius 1 is 1.29 bits per heavy atom. The van der Waals surface area contributed by atoms with Crippen LogP contribution in [0.5, 0.6) is 0 Å². The first-order chi connectivity index (χ1) is 14.5. The first-order valence-electron chi connectivity index (χ1n) is 9.25. The lowest BCUT2D eigenvalue weighted by molar-refractivity contribution is -0.182. The molecule has 2 heterocycles. The maximum atomic E-state index is 12.1. The van der Waals surface area contributed by atoms with E-state index in [0.717, 1.165) is 6.92 Å². The first-order valence-corrected chi connectivity index (χ1v) is 9.25. The van der Waals surface area contributed by atoms with E-state index in [1.54, 1.807) is 0 Å². The topological polar surface area (TPSA) is 251 Å². The van der Waals surface area contributed by atoms with Crippen LogP contribution < -0.4 is 16.4 Å². The molecule has 0 spiro atoms. The molecule has 0 saturated carbocycles. The number of nitrogens with two attached hydrogens (primary N) is 1. The van der Waals surface area contributed by atoms with Gasteiger partial charge in [-0.2, -0.15) is 4.98 Å². The minimum absolute atomic E-state index is 0.0150. The summed E-state index contributed by atoms with van der Waals surface area (Å²) in [4.78, 5) is 38.6. The second-order valence-corrected chi connectivity index (χ2v) is 7.04. The molecule has 15 nitrogen and oxygen atoms in total. The normalized spacial score (nSPS) is 26.5. The second-order valence-electron chi connectivity index (χ2n) is 7.04. The van der Waals surface area contributed by atoms with Gasteiger partial charge < -0.3 is 51.2 Å². The van der Waals surface area contributed by atoms with E-state index >= 15 is 0 Å². The number of carbonyl (C=O) groups is 3. The third-order valence-electron chi connectivity index (χ3n) is 4.51. The van der Waals surface area contributed by atoms with Crippen molar-refractivity contribution in [2.24, 2.45) is 5.73 Å². The number of carbonyl (C=O) groups excluding carboxylic acids is 2. The van der Waals surface area contributed by atoms with Crippen molar-refractivity contribution in [1.82, 2.24) is 20.8 Å². The van der Waals surface area contributed by atoms with E-state index in [4.69, 9.17) is 20.1 Å². The molecular weight excluding hydrogens is 422 g/mol. The molecule has 0 radical (unpaired) electrons. The summed E-state index contributed by atoms with van der Waals surface area (Å²) in [5.41, 5.74) is 5.17. The Morgan fingerprint density at radius 3 is 2.52 bits per heavy atom. The molecule has 3 amide bonds. The number of aromatic nitrogens is 2. The van der Waals surface area contributed by atoms with Crippen LogP contribution in [0.4, 0.5) is 4.79 Å². The second kappa shape index (κ2) is 10.5. The number of nitrogens with one attached hydrogen (secondary N) is 2. The summed E-state index contributed by atoms with van der Waals surface area (Å²) in [6, 6.07) is -3.97. The molecule has 2 unspecified atom stereocenters. The van der Waals surface area contributed by atoms with E-state index in [2.05, 4.69) is 15.5 Å². The fourth-order valence-corrected chi connectivity index (χ4v) is 2.92. The maximum absolute atomic E-state index is 12.1. The van der Waals surface area contributed by atoms with Crippen LogP contribution in [0.1, 0.15) is 43.6 Å². The van der Waals surface area contributed by atoms with Gasteiger partial charge in [0.25, 0.3) is 0 Å². The zero-order chi connectivity index (χ0) is 23.3. The predicted octanol–water partition coefficient (Wildman–Crippen LogP) is -3.34. The number of hydrogen-bond acceptors (Lipinski definition) is 11. The Bertz CT molecular complexity index is 787. The number of aliphatic hydroxyl groups excluding tert-OH is 4. The van der Waals surface area contributed by atoms with Gasteiger partial charge in [-0.1, -0.05) is 5.16 Å². The quantitative estimate of drug-likeness (QED) is 0.185. The zero-order valence-electron chi connectivity index (χ0n) is 16.4. The smallest absolute Gasteiger partial charge is 0.328 e. The molecule has 0 aliphatic carbocycles. The largest absolute Gasteiger partial charge is 0.480 e. The Labute approximate surface area is 175 Å². The summed E-state index contributed by atoms with van der Waals surface area (Å²) < 4.78 is 10.5. The van der Waals surface area contributed by atoms with E-state index in [-0.39, 0.29) is 18.1 Å². The summed E-state index contributed by atoms with van der Waals surface area (Å²) in [6.07, 6.45) is -6.63. The number of carboxylic acid groups (broad SMARTS) is 1. The van der Waals surface area contributed by atoms with E-state index in [1.165, 1.54) is 0 Å². The molecule has 7 atom stereocenters. The Kier molecular flexibility index (Phi) is 8.23. The Balaban J connectivity index is 2.18. The number of ether oxygens (including phenoxy) is 1. The molecule has 174 valence electrons. The predicted molar refractivity (Wildman–Crippen MR) is 97.0 cm³/mol. The van der Waals surface area contributed by atoms with Gasteiger partial charge in [0.15, 0.2) is 6.04 Å². The van der Waals surface area contributed by atoms with Crippen LogP contribution in [-0.2, 0) is 14.3 Å². The van der Waals surface area contributed by atoms with Gasteiger partial charge in [0, 0.05) is 6.42 Å². The number of rotatable bonds is 9. The van der Waals surface area contributed by atoms with Crippen LogP contribution in [0.3, 0.4) is 0 Å². The van der Waals surface area contributed by atoms with Crippen molar-refractivity contribution < 1.29 is 49.2 Å². The molecule has 1 aromatic heterocycles. The third kappa shape index (κ3) is 6.31. The minimum Gasteiger partial charge on any atom is -0.480 e. The van der Waals surface area contributed by atoms with Crippen LogP contribution in [0, 0.1) is 0 Å². The van der Waals surface area contributed by atoms with Gasteiger partial charge >= 0.3 is 12.0 Å². The average Bonchev–Trinajstić information content (AvgIpc) is 3.16. The number of hydrogen-bond donors (Lipinski definition) is 8. The maximum Gasteiger partial charge on any atom is 0.328 e. The summed E-state index contributed by atoms with van der Waals surface area (Å²) in [5, 5.41) is 55.7. The van der Waals surface area contributed by atoms with Crippen molar-refractivity contribution in [2.75, 3.05) is 6.61 Å². The standard InChI is InChI=1S/C16H25N5O10/c1-5(23)10(15(27)28)19-16(29)18-7(3-9(17)25)14-20-13(21-31-14)12-11(26)8(24)2-6(4-22)30-12/h5-8,10-12,22-24,26H,2-4H2,1H3,(H2,17,25)(H,27,28)(H2,18,19,29)/t5?,6-,7+,8+,10+,11-,12?/m1/s1. The lowest BCUT2D eigenvalue weighted by Gasteiger charge is -2.34. The molecule has 2 rings (SSSR count). The molecule has 1 saturated heterocycles. The molecule has 0 aromatic carbocycles. The lowest BCUT2D eigenvalue weighted by Crippen LogP contribution is -2.52. The van der Waals surface area contributed by atoms with Gasteiger partial charge in [0.05, 0.1) is 31.3 Å². The number of aliphatic carboxylic acids is 1. The van der Waals surface area contributed by atoms with Crippen LogP contribution in [0.2, 0.25) is 0 Å². The van der Waals surface area contributed by atoms with Crippen molar-refractivity contribution in [3.63, 3.8) is 0 Å². The molecule has 1 aliphatic rings. The number of primary amides is 1. The van der Waals surface area contributed by atoms with Crippen molar-refractivity contribution in [2.45, 2.75) is 62.4 Å². The fourth-order valence-electron chi connectivity index (χ4n) is 2.92.